The first-order valence-corrected chi connectivity index (χ1v) is 9.40. The predicted octanol–water partition coefficient (Wildman–Crippen LogP) is 3.75. The van der Waals surface area contributed by atoms with E-state index < -0.39 is 24.2 Å². The molecule has 2 aromatic rings. The molecule has 0 saturated carbocycles. The third-order valence-corrected chi connectivity index (χ3v) is 4.54. The molecule has 0 bridgehead atoms. The van der Waals surface area contributed by atoms with Crippen LogP contribution in [-0.4, -0.2) is 30.0 Å². The van der Waals surface area contributed by atoms with E-state index in [0.717, 1.165) is 11.6 Å². The van der Waals surface area contributed by atoms with Crippen molar-refractivity contribution in [3.63, 3.8) is 0 Å². The number of carbonyl (C=O) groups excluding carboxylic acids is 3. The highest BCUT2D eigenvalue weighted by Gasteiger charge is 2.15. The fraction of sp³-hybridized carbons (Fsp3) is 0.250. The predicted molar refractivity (Wildman–Crippen MR) is 103 cm³/mol. The number of benzene rings is 2. The molecule has 142 valence electrons. The van der Waals surface area contributed by atoms with Gasteiger partial charge in [-0.1, -0.05) is 29.8 Å². The second-order valence-corrected chi connectivity index (χ2v) is 6.92. The molecule has 1 N–H and O–H groups in total. The maximum absolute atomic E-state index is 14.0. The highest BCUT2D eigenvalue weighted by Crippen LogP contribution is 2.16. The number of rotatable bonds is 8. The average molecular weight is 389 g/mol. The van der Waals surface area contributed by atoms with Crippen LogP contribution in [0.25, 0.3) is 0 Å². The molecule has 0 saturated heterocycles. The second kappa shape index (κ2) is 9.87. The van der Waals surface area contributed by atoms with Gasteiger partial charge in [0.25, 0.3) is 0 Å². The third kappa shape index (κ3) is 6.86. The molecular formula is C20H20FNO4S. The fourth-order valence-corrected chi connectivity index (χ4v) is 3.00. The van der Waals surface area contributed by atoms with E-state index in [1.165, 1.54) is 36.4 Å². The van der Waals surface area contributed by atoms with Crippen LogP contribution in [0.3, 0.4) is 0 Å². The van der Waals surface area contributed by atoms with Crippen molar-refractivity contribution in [3.05, 3.63) is 65.0 Å². The Morgan fingerprint density at radius 1 is 1.11 bits per heavy atom. The molecule has 7 heteroatoms. The molecule has 1 amide bonds. The van der Waals surface area contributed by atoms with E-state index in [9.17, 15) is 18.8 Å². The SMILES string of the molecule is CC(=O)Nc1ccc(C(=O)COC(=O)CSCc2ccc(C)cc2)c(F)c1. The minimum Gasteiger partial charge on any atom is -0.457 e. The lowest BCUT2D eigenvalue weighted by Gasteiger charge is -2.07. The van der Waals surface area contributed by atoms with Gasteiger partial charge in [-0.05, 0) is 30.7 Å². The van der Waals surface area contributed by atoms with Crippen molar-refractivity contribution in [3.8, 4) is 0 Å². The van der Waals surface area contributed by atoms with Crippen molar-refractivity contribution in [2.24, 2.45) is 0 Å². The van der Waals surface area contributed by atoms with Crippen LogP contribution in [0.15, 0.2) is 42.5 Å². The maximum atomic E-state index is 14.0. The van der Waals surface area contributed by atoms with Crippen molar-refractivity contribution in [1.29, 1.82) is 0 Å². The van der Waals surface area contributed by atoms with Crippen LogP contribution in [0.1, 0.15) is 28.4 Å². The molecular weight excluding hydrogens is 369 g/mol. The molecule has 0 spiro atoms. The molecule has 0 aliphatic carbocycles. The molecule has 0 atom stereocenters. The first-order valence-electron chi connectivity index (χ1n) is 8.24. The second-order valence-electron chi connectivity index (χ2n) is 5.94. The van der Waals surface area contributed by atoms with Crippen LogP contribution in [0.5, 0.6) is 0 Å². The van der Waals surface area contributed by atoms with Gasteiger partial charge in [0, 0.05) is 18.4 Å². The van der Waals surface area contributed by atoms with Gasteiger partial charge in [-0.3, -0.25) is 14.4 Å². The number of ketones is 1. The summed E-state index contributed by atoms with van der Waals surface area (Å²) in [6.45, 7) is 2.77. The normalized spacial score (nSPS) is 10.3. The lowest BCUT2D eigenvalue weighted by atomic mass is 10.1. The van der Waals surface area contributed by atoms with Crippen molar-refractivity contribution < 1.29 is 23.5 Å². The molecule has 0 aromatic heterocycles. The summed E-state index contributed by atoms with van der Waals surface area (Å²) in [5.41, 5.74) is 2.32. The van der Waals surface area contributed by atoms with Crippen LogP contribution in [-0.2, 0) is 20.1 Å². The monoisotopic (exact) mass is 389 g/mol. The van der Waals surface area contributed by atoms with Crippen molar-refractivity contribution in [2.75, 3.05) is 17.7 Å². The van der Waals surface area contributed by atoms with Gasteiger partial charge in [0.1, 0.15) is 5.82 Å². The average Bonchev–Trinajstić information content (AvgIpc) is 2.61. The number of carbonyl (C=O) groups is 3. The zero-order chi connectivity index (χ0) is 19.8. The van der Waals surface area contributed by atoms with E-state index in [1.54, 1.807) is 0 Å². The summed E-state index contributed by atoms with van der Waals surface area (Å²) in [5.74, 6) is -1.54. The van der Waals surface area contributed by atoms with E-state index in [-0.39, 0.29) is 22.9 Å². The highest BCUT2D eigenvalue weighted by atomic mass is 32.2. The van der Waals surface area contributed by atoms with Gasteiger partial charge < -0.3 is 10.1 Å². The van der Waals surface area contributed by atoms with Gasteiger partial charge in [-0.15, -0.1) is 11.8 Å². The Labute approximate surface area is 161 Å². The van der Waals surface area contributed by atoms with E-state index in [1.807, 2.05) is 31.2 Å². The number of Topliss-reactive ketones (excluding diaryl/α,β-unsaturated/α-hetero) is 1. The Kier molecular flexibility index (Phi) is 7.55. The molecule has 0 unspecified atom stereocenters. The van der Waals surface area contributed by atoms with Crippen LogP contribution in [0, 0.1) is 12.7 Å². The first kappa shape index (κ1) is 20.6. The Hall–Kier alpha value is -2.67. The number of nitrogens with one attached hydrogen (secondary N) is 1. The van der Waals surface area contributed by atoms with Crippen LogP contribution < -0.4 is 5.32 Å². The number of hydrogen-bond donors (Lipinski definition) is 1. The standard InChI is InChI=1S/C20H20FNO4S/c1-13-3-5-15(6-4-13)11-27-12-20(25)26-10-19(24)17-8-7-16(9-18(17)21)22-14(2)23/h3-9H,10-12H2,1-2H3,(H,22,23). The number of thioether (sulfide) groups is 1. The zero-order valence-corrected chi connectivity index (χ0v) is 15.9. The zero-order valence-electron chi connectivity index (χ0n) is 15.1. The lowest BCUT2D eigenvalue weighted by molar-refractivity contribution is -0.139. The van der Waals surface area contributed by atoms with E-state index >= 15 is 0 Å². The van der Waals surface area contributed by atoms with E-state index in [0.29, 0.717) is 5.75 Å². The van der Waals surface area contributed by atoms with Gasteiger partial charge in [0.15, 0.2) is 6.61 Å². The molecule has 27 heavy (non-hydrogen) atoms. The molecule has 5 nitrogen and oxygen atoms in total. The molecule has 2 aromatic carbocycles. The van der Waals surface area contributed by atoms with Crippen LogP contribution >= 0.6 is 11.8 Å². The highest BCUT2D eigenvalue weighted by molar-refractivity contribution is 7.99. The van der Waals surface area contributed by atoms with Gasteiger partial charge in [-0.2, -0.15) is 0 Å². The molecule has 0 aliphatic rings. The van der Waals surface area contributed by atoms with Gasteiger partial charge in [0.05, 0.1) is 11.3 Å². The summed E-state index contributed by atoms with van der Waals surface area (Å²) in [5, 5.41) is 2.42. The van der Waals surface area contributed by atoms with Crippen molar-refractivity contribution in [2.45, 2.75) is 19.6 Å². The summed E-state index contributed by atoms with van der Waals surface area (Å²) < 4.78 is 18.9. The fourth-order valence-electron chi connectivity index (χ4n) is 2.22. The van der Waals surface area contributed by atoms with Gasteiger partial charge in [0.2, 0.25) is 11.7 Å². The third-order valence-electron chi connectivity index (χ3n) is 3.56. The number of anilines is 1. The van der Waals surface area contributed by atoms with Gasteiger partial charge >= 0.3 is 5.97 Å². The van der Waals surface area contributed by atoms with Crippen LogP contribution in [0.2, 0.25) is 0 Å². The summed E-state index contributed by atoms with van der Waals surface area (Å²) in [7, 11) is 0. The summed E-state index contributed by atoms with van der Waals surface area (Å²) in [6, 6.07) is 11.7. The summed E-state index contributed by atoms with van der Waals surface area (Å²) >= 11 is 1.38. The minimum atomic E-state index is -0.781. The number of amides is 1. The topological polar surface area (TPSA) is 72.5 Å². The van der Waals surface area contributed by atoms with Crippen molar-refractivity contribution >= 4 is 35.1 Å². The number of aryl methyl sites for hydroxylation is 1. The van der Waals surface area contributed by atoms with E-state index in [2.05, 4.69) is 5.32 Å². The largest absolute Gasteiger partial charge is 0.457 e. The van der Waals surface area contributed by atoms with Gasteiger partial charge in [-0.25, -0.2) is 4.39 Å². The maximum Gasteiger partial charge on any atom is 0.316 e. The lowest BCUT2D eigenvalue weighted by Crippen LogP contribution is -2.17. The Morgan fingerprint density at radius 2 is 1.81 bits per heavy atom. The van der Waals surface area contributed by atoms with E-state index in [4.69, 9.17) is 4.74 Å². The summed E-state index contributed by atoms with van der Waals surface area (Å²) in [4.78, 5) is 34.7. The molecule has 2 rings (SSSR count). The molecule has 0 radical (unpaired) electrons. The number of esters is 1. The Balaban J connectivity index is 1.78. The first-order chi connectivity index (χ1) is 12.8. The molecule has 0 fully saturated rings. The Morgan fingerprint density at radius 3 is 2.44 bits per heavy atom. The molecule has 0 heterocycles. The number of hydrogen-bond acceptors (Lipinski definition) is 5. The number of ether oxygens (including phenoxy) is 1. The smallest absolute Gasteiger partial charge is 0.316 e. The van der Waals surface area contributed by atoms with Crippen LogP contribution in [0.4, 0.5) is 10.1 Å². The molecule has 0 aliphatic heterocycles. The number of halogens is 1. The Bertz CT molecular complexity index is 836. The minimum absolute atomic E-state index is 0.102. The quantitative estimate of drug-likeness (QED) is 0.550. The van der Waals surface area contributed by atoms with Crippen molar-refractivity contribution in [1.82, 2.24) is 0 Å². The summed E-state index contributed by atoms with van der Waals surface area (Å²) in [6.07, 6.45) is 0.